The SMILES string of the molecule is COC(=O)C12CN(C)CC(C(=O)OC)(CN(C(CCCCN)C(=O)O)C1)C2O. The Balaban J connectivity index is 2.49. The van der Waals surface area contributed by atoms with Crippen LogP contribution in [-0.2, 0) is 23.9 Å². The summed E-state index contributed by atoms with van der Waals surface area (Å²) in [7, 11) is 4.17. The van der Waals surface area contributed by atoms with E-state index < -0.39 is 40.9 Å². The lowest BCUT2D eigenvalue weighted by Crippen LogP contribution is -2.77. The summed E-state index contributed by atoms with van der Waals surface area (Å²) < 4.78 is 9.92. The van der Waals surface area contributed by atoms with Crippen molar-refractivity contribution in [1.82, 2.24) is 9.80 Å². The van der Waals surface area contributed by atoms with Crippen molar-refractivity contribution in [2.45, 2.75) is 31.4 Å². The first-order valence-electron chi connectivity index (χ1n) is 9.39. The van der Waals surface area contributed by atoms with Crippen LogP contribution >= 0.6 is 0 Å². The van der Waals surface area contributed by atoms with Crippen LogP contribution in [0.3, 0.4) is 0 Å². The third kappa shape index (κ3) is 3.73. The van der Waals surface area contributed by atoms with Gasteiger partial charge >= 0.3 is 17.9 Å². The number of hydrogen-bond donors (Lipinski definition) is 3. The molecule has 2 aliphatic rings. The van der Waals surface area contributed by atoms with Crippen molar-refractivity contribution >= 4 is 17.9 Å². The predicted molar refractivity (Wildman–Crippen MR) is 98.3 cm³/mol. The molecule has 2 fully saturated rings. The van der Waals surface area contributed by atoms with Gasteiger partial charge in [-0.1, -0.05) is 6.42 Å². The molecule has 160 valence electrons. The van der Waals surface area contributed by atoms with Crippen molar-refractivity contribution < 1.29 is 34.1 Å². The lowest BCUT2D eigenvalue weighted by molar-refractivity contribution is -0.221. The number of nitrogens with zero attached hydrogens (tertiary/aromatic N) is 2. The van der Waals surface area contributed by atoms with Crippen LogP contribution in [0.5, 0.6) is 0 Å². The number of unbranched alkanes of at least 4 members (excludes halogenated alkanes) is 1. The standard InChI is InChI=1S/C18H31N3O7/c1-20-8-17(15(25)27-2)10-21(12(13(22)23)6-4-5-7-19)11-18(9-20,14(17)24)16(26)28-3/h12,14,24H,4-11,19H2,1-3H3,(H,22,23). The number of nitrogens with two attached hydrogens (primary N) is 1. The molecule has 2 bridgehead atoms. The number of methoxy groups -OCH3 is 2. The van der Waals surface area contributed by atoms with Crippen molar-refractivity contribution in [1.29, 1.82) is 0 Å². The molecule has 3 unspecified atom stereocenters. The maximum Gasteiger partial charge on any atom is 0.320 e. The first-order chi connectivity index (χ1) is 13.2. The number of likely N-dealkylation sites (tertiary alicyclic amines) is 2. The Labute approximate surface area is 164 Å². The lowest BCUT2D eigenvalue weighted by Gasteiger charge is -2.59. The highest BCUT2D eigenvalue weighted by Crippen LogP contribution is 2.48. The Kier molecular flexibility index (Phi) is 7.02. The van der Waals surface area contributed by atoms with E-state index in [1.165, 1.54) is 14.2 Å². The molecule has 0 aliphatic carbocycles. The third-order valence-corrected chi connectivity index (χ3v) is 5.96. The molecule has 0 spiro atoms. The Morgan fingerprint density at radius 3 is 1.96 bits per heavy atom. The van der Waals surface area contributed by atoms with E-state index in [1.54, 1.807) is 16.8 Å². The first kappa shape index (κ1) is 22.5. The van der Waals surface area contributed by atoms with Crippen molar-refractivity contribution in [2.75, 3.05) is 54.0 Å². The highest BCUT2D eigenvalue weighted by molar-refractivity contribution is 5.85. The van der Waals surface area contributed by atoms with Gasteiger partial charge in [-0.15, -0.1) is 0 Å². The monoisotopic (exact) mass is 401 g/mol. The van der Waals surface area contributed by atoms with E-state index in [4.69, 9.17) is 15.2 Å². The number of fused-ring (bicyclic) bond motifs is 2. The lowest BCUT2D eigenvalue weighted by atomic mass is 9.60. The van der Waals surface area contributed by atoms with Crippen molar-refractivity contribution in [3.8, 4) is 0 Å². The second-order valence-corrected chi connectivity index (χ2v) is 7.91. The molecule has 0 radical (unpaired) electrons. The van der Waals surface area contributed by atoms with E-state index in [9.17, 15) is 24.6 Å². The molecule has 10 heteroatoms. The molecule has 28 heavy (non-hydrogen) atoms. The van der Waals surface area contributed by atoms with Gasteiger partial charge in [-0.05, 0) is 26.4 Å². The highest BCUT2D eigenvalue weighted by Gasteiger charge is 2.67. The maximum atomic E-state index is 12.8. The van der Waals surface area contributed by atoms with E-state index in [0.717, 1.165) is 0 Å². The number of carboxylic acid groups (broad SMARTS) is 1. The Morgan fingerprint density at radius 2 is 1.57 bits per heavy atom. The van der Waals surface area contributed by atoms with Crippen LogP contribution in [0.25, 0.3) is 0 Å². The molecule has 0 aromatic rings. The van der Waals surface area contributed by atoms with E-state index in [2.05, 4.69) is 0 Å². The van der Waals surface area contributed by atoms with E-state index in [0.29, 0.717) is 25.8 Å². The zero-order valence-electron chi connectivity index (χ0n) is 16.7. The van der Waals surface area contributed by atoms with Crippen LogP contribution in [0.1, 0.15) is 19.3 Å². The average Bonchev–Trinajstić information content (AvgIpc) is 2.65. The minimum atomic E-state index is -1.45. The smallest absolute Gasteiger partial charge is 0.320 e. The summed E-state index contributed by atoms with van der Waals surface area (Å²) in [6, 6.07) is -0.907. The van der Waals surface area contributed by atoms with E-state index in [-0.39, 0.29) is 26.2 Å². The normalized spacial score (nSPS) is 31.8. The number of carbonyl (C=O) groups is 3. The molecular formula is C18H31N3O7. The largest absolute Gasteiger partial charge is 0.480 e. The number of hydrogen-bond acceptors (Lipinski definition) is 9. The van der Waals surface area contributed by atoms with E-state index in [1.807, 2.05) is 0 Å². The van der Waals surface area contributed by atoms with Gasteiger partial charge in [0.2, 0.25) is 0 Å². The molecule has 2 heterocycles. The Hall–Kier alpha value is -1.75. The van der Waals surface area contributed by atoms with Gasteiger partial charge in [-0.3, -0.25) is 19.3 Å². The minimum absolute atomic E-state index is 0.0243. The van der Waals surface area contributed by atoms with Crippen molar-refractivity contribution in [3.05, 3.63) is 0 Å². The van der Waals surface area contributed by atoms with Gasteiger partial charge in [-0.25, -0.2) is 0 Å². The van der Waals surface area contributed by atoms with Crippen LogP contribution in [0.15, 0.2) is 0 Å². The second kappa shape index (κ2) is 8.73. The van der Waals surface area contributed by atoms with Crippen molar-refractivity contribution in [2.24, 2.45) is 16.6 Å². The molecule has 0 saturated carbocycles. The highest BCUT2D eigenvalue weighted by atomic mass is 16.5. The molecule has 2 aliphatic heterocycles. The number of aliphatic hydroxyl groups is 1. The number of aliphatic carboxylic acids is 1. The molecule has 0 amide bonds. The van der Waals surface area contributed by atoms with Crippen LogP contribution in [0.4, 0.5) is 0 Å². The zero-order chi connectivity index (χ0) is 21.1. The number of carbonyl (C=O) groups excluding carboxylic acids is 2. The van der Waals surface area contributed by atoms with Gasteiger partial charge in [-0.2, -0.15) is 0 Å². The Bertz CT molecular complexity index is 580. The number of ether oxygens (including phenoxy) is 2. The summed E-state index contributed by atoms with van der Waals surface area (Å²) in [6.45, 7) is 0.692. The van der Waals surface area contributed by atoms with Gasteiger partial charge in [0, 0.05) is 26.2 Å². The molecule has 10 nitrogen and oxygen atoms in total. The minimum Gasteiger partial charge on any atom is -0.480 e. The second-order valence-electron chi connectivity index (χ2n) is 7.91. The molecule has 3 atom stereocenters. The fourth-order valence-corrected chi connectivity index (χ4v) is 4.83. The summed E-state index contributed by atoms with van der Waals surface area (Å²) in [5.74, 6) is -2.38. The quantitative estimate of drug-likeness (QED) is 0.325. The Morgan fingerprint density at radius 1 is 1.07 bits per heavy atom. The molecule has 0 aromatic heterocycles. The first-order valence-corrected chi connectivity index (χ1v) is 9.39. The van der Waals surface area contributed by atoms with Gasteiger partial charge in [0.25, 0.3) is 0 Å². The van der Waals surface area contributed by atoms with Gasteiger partial charge in [0.05, 0.1) is 20.3 Å². The summed E-state index contributed by atoms with van der Waals surface area (Å²) in [4.78, 5) is 40.9. The van der Waals surface area contributed by atoms with Gasteiger partial charge in [0.15, 0.2) is 0 Å². The summed E-state index contributed by atoms with van der Waals surface area (Å²) >= 11 is 0. The van der Waals surface area contributed by atoms with E-state index >= 15 is 0 Å². The van der Waals surface area contributed by atoms with Crippen LogP contribution in [0, 0.1) is 10.8 Å². The number of rotatable bonds is 8. The number of piperidine rings is 2. The number of aliphatic hydroxyl groups excluding tert-OH is 1. The molecule has 2 rings (SSSR count). The maximum absolute atomic E-state index is 12.8. The molecule has 0 aromatic carbocycles. The predicted octanol–water partition coefficient (Wildman–Crippen LogP) is -1.49. The summed E-state index contributed by atoms with van der Waals surface area (Å²) in [5, 5.41) is 20.9. The molecule has 2 saturated heterocycles. The van der Waals surface area contributed by atoms with Crippen molar-refractivity contribution in [3.63, 3.8) is 0 Å². The fourth-order valence-electron chi connectivity index (χ4n) is 4.83. The number of carboxylic acids is 1. The molecule has 4 N–H and O–H groups in total. The molecular weight excluding hydrogens is 370 g/mol. The van der Waals surface area contributed by atoms with Gasteiger partial charge in [0.1, 0.15) is 16.9 Å². The zero-order valence-corrected chi connectivity index (χ0v) is 16.7. The topological polar surface area (TPSA) is 143 Å². The number of esters is 2. The fraction of sp³-hybridized carbons (Fsp3) is 0.833. The van der Waals surface area contributed by atoms with Crippen LogP contribution in [-0.4, -0.2) is 104 Å². The van der Waals surface area contributed by atoms with Gasteiger partial charge < -0.3 is 30.3 Å². The van der Waals surface area contributed by atoms with Crippen LogP contribution < -0.4 is 5.73 Å². The third-order valence-electron chi connectivity index (χ3n) is 5.96. The summed E-state index contributed by atoms with van der Waals surface area (Å²) in [5.41, 5.74) is 2.62. The summed E-state index contributed by atoms with van der Waals surface area (Å²) in [6.07, 6.45) is 0.258. The average molecular weight is 401 g/mol. The van der Waals surface area contributed by atoms with Crippen LogP contribution in [0.2, 0.25) is 0 Å².